The average Bonchev–Trinajstić information content (AvgIpc) is 2.40. The minimum Gasteiger partial charge on any atom is -0.506 e. The van der Waals surface area contributed by atoms with Crippen molar-refractivity contribution in [2.24, 2.45) is 0 Å². The third-order valence-electron chi connectivity index (χ3n) is 1.74. The monoisotopic (exact) mass is 255 g/mol. The van der Waals surface area contributed by atoms with Gasteiger partial charge < -0.3 is 5.11 Å². The molecule has 0 bridgehead atoms. The number of nitrogens with zero attached hydrogens (tertiary/aromatic N) is 3. The van der Waals surface area contributed by atoms with Crippen LogP contribution in [0, 0.1) is 17.3 Å². The van der Waals surface area contributed by atoms with Crippen LogP contribution in [0.3, 0.4) is 0 Å². The van der Waals surface area contributed by atoms with Gasteiger partial charge in [0.1, 0.15) is 22.9 Å². The molecular weight excluding hydrogens is 253 g/mol. The first kappa shape index (κ1) is 8.97. The van der Waals surface area contributed by atoms with E-state index < -0.39 is 5.95 Å². The van der Waals surface area contributed by atoms with Crippen LogP contribution in [-0.4, -0.2) is 14.7 Å². The molecule has 1 N–H and O–H groups in total. The number of pyridine rings is 1. The van der Waals surface area contributed by atoms with Crippen LogP contribution in [-0.2, 0) is 0 Å². The topological polar surface area (TPSA) is 61.3 Å². The van der Waals surface area contributed by atoms with Crippen molar-refractivity contribution in [3.8, 4) is 11.8 Å². The molecule has 0 aliphatic rings. The van der Waals surface area contributed by atoms with Crippen molar-refractivity contribution < 1.29 is 9.50 Å². The summed E-state index contributed by atoms with van der Waals surface area (Å²) in [6.07, 6.45) is 1.46. The number of hydrogen-bond acceptors (Lipinski definition) is 3. The third-order valence-corrected chi connectivity index (χ3v) is 2.18. The zero-order chi connectivity index (χ0) is 10.3. The summed E-state index contributed by atoms with van der Waals surface area (Å²) in [5.74, 6) is -1.08. The van der Waals surface area contributed by atoms with Crippen molar-refractivity contribution in [1.82, 2.24) is 9.61 Å². The Morgan fingerprint density at radius 2 is 2.36 bits per heavy atom. The van der Waals surface area contributed by atoms with Crippen LogP contribution in [0.1, 0.15) is 5.56 Å². The van der Waals surface area contributed by atoms with Crippen molar-refractivity contribution in [2.75, 3.05) is 0 Å². The van der Waals surface area contributed by atoms with E-state index in [1.807, 2.05) is 0 Å². The highest BCUT2D eigenvalue weighted by molar-refractivity contribution is 9.10. The van der Waals surface area contributed by atoms with Gasteiger partial charge in [0.25, 0.3) is 5.95 Å². The lowest BCUT2D eigenvalue weighted by Gasteiger charge is -1.97. The fraction of sp³-hybridized carbons (Fsp3) is 0. The van der Waals surface area contributed by atoms with Gasteiger partial charge in [0.05, 0.1) is 0 Å². The van der Waals surface area contributed by atoms with E-state index in [4.69, 9.17) is 5.26 Å². The van der Waals surface area contributed by atoms with Crippen LogP contribution >= 0.6 is 15.9 Å². The van der Waals surface area contributed by atoms with E-state index in [1.165, 1.54) is 12.3 Å². The molecule has 0 aliphatic heterocycles. The van der Waals surface area contributed by atoms with E-state index in [9.17, 15) is 9.50 Å². The van der Waals surface area contributed by atoms with Crippen LogP contribution in [0.2, 0.25) is 0 Å². The summed E-state index contributed by atoms with van der Waals surface area (Å²) in [5.41, 5.74) is -0.178. The molecule has 0 spiro atoms. The molecule has 0 aliphatic carbocycles. The fourth-order valence-electron chi connectivity index (χ4n) is 1.20. The van der Waals surface area contributed by atoms with Gasteiger partial charge in [-0.2, -0.15) is 9.65 Å². The van der Waals surface area contributed by atoms with Crippen LogP contribution in [0.15, 0.2) is 16.7 Å². The molecule has 0 amide bonds. The molecule has 0 saturated heterocycles. The fourth-order valence-corrected chi connectivity index (χ4v) is 1.61. The van der Waals surface area contributed by atoms with Gasteiger partial charge in [-0.25, -0.2) is 4.52 Å². The second kappa shape index (κ2) is 2.96. The number of rotatable bonds is 0. The molecular formula is C8H3BrFN3O. The van der Waals surface area contributed by atoms with Gasteiger partial charge in [-0.15, -0.1) is 5.10 Å². The Balaban J connectivity index is 2.97. The van der Waals surface area contributed by atoms with Crippen molar-refractivity contribution >= 4 is 21.4 Å². The number of nitriles is 1. The normalized spacial score (nSPS) is 10.4. The molecule has 0 aromatic carbocycles. The van der Waals surface area contributed by atoms with Gasteiger partial charge in [0, 0.05) is 10.7 Å². The average molecular weight is 256 g/mol. The van der Waals surface area contributed by atoms with Gasteiger partial charge in [0.15, 0.2) is 0 Å². The molecule has 70 valence electrons. The Labute approximate surface area is 86.3 Å². The van der Waals surface area contributed by atoms with E-state index in [1.54, 1.807) is 6.07 Å². The molecule has 14 heavy (non-hydrogen) atoms. The Hall–Kier alpha value is -1.61. The first-order valence-electron chi connectivity index (χ1n) is 3.60. The van der Waals surface area contributed by atoms with Gasteiger partial charge in [-0.1, -0.05) is 0 Å². The molecule has 6 heteroatoms. The molecule has 0 radical (unpaired) electrons. The summed E-state index contributed by atoms with van der Waals surface area (Å²) < 4.78 is 14.7. The highest BCUT2D eigenvalue weighted by Gasteiger charge is 2.15. The summed E-state index contributed by atoms with van der Waals surface area (Å²) in [5, 5.41) is 21.5. The molecule has 2 aromatic heterocycles. The van der Waals surface area contributed by atoms with Crippen molar-refractivity contribution in [1.29, 1.82) is 5.26 Å². The lowest BCUT2D eigenvalue weighted by atomic mass is 10.2. The predicted octanol–water partition coefficient (Wildman–Crippen LogP) is 1.81. The van der Waals surface area contributed by atoms with Crippen molar-refractivity contribution in [3.05, 3.63) is 28.2 Å². The van der Waals surface area contributed by atoms with Crippen molar-refractivity contribution in [2.45, 2.75) is 0 Å². The maximum absolute atomic E-state index is 13.0. The highest BCUT2D eigenvalue weighted by atomic mass is 79.9. The van der Waals surface area contributed by atoms with E-state index in [-0.39, 0.29) is 16.8 Å². The number of aromatic nitrogens is 2. The summed E-state index contributed by atoms with van der Waals surface area (Å²) >= 11 is 3.11. The van der Waals surface area contributed by atoms with E-state index >= 15 is 0 Å². The number of aromatic hydroxyl groups is 1. The van der Waals surface area contributed by atoms with Gasteiger partial charge >= 0.3 is 0 Å². The zero-order valence-corrected chi connectivity index (χ0v) is 8.29. The predicted molar refractivity (Wildman–Crippen MR) is 49.2 cm³/mol. The zero-order valence-electron chi connectivity index (χ0n) is 6.70. The van der Waals surface area contributed by atoms with Gasteiger partial charge in [-0.05, 0) is 22.0 Å². The molecule has 0 unspecified atom stereocenters. The molecule has 2 rings (SSSR count). The summed E-state index contributed by atoms with van der Waals surface area (Å²) in [4.78, 5) is 0. The Kier molecular flexibility index (Phi) is 1.89. The van der Waals surface area contributed by atoms with E-state index in [2.05, 4.69) is 21.0 Å². The smallest absolute Gasteiger partial charge is 0.251 e. The maximum Gasteiger partial charge on any atom is 0.251 e. The lowest BCUT2D eigenvalue weighted by molar-refractivity contribution is 0.477. The molecule has 2 heterocycles. The highest BCUT2D eigenvalue weighted by Crippen LogP contribution is 2.26. The van der Waals surface area contributed by atoms with E-state index in [0.29, 0.717) is 4.47 Å². The minimum absolute atomic E-state index is 0.0770. The molecule has 4 nitrogen and oxygen atoms in total. The second-order valence-electron chi connectivity index (χ2n) is 2.61. The summed E-state index contributed by atoms with van der Waals surface area (Å²) in [6, 6.07) is 3.02. The largest absolute Gasteiger partial charge is 0.506 e. The summed E-state index contributed by atoms with van der Waals surface area (Å²) in [7, 11) is 0. The second-order valence-corrected chi connectivity index (χ2v) is 3.53. The van der Waals surface area contributed by atoms with Gasteiger partial charge in [-0.3, -0.25) is 0 Å². The Morgan fingerprint density at radius 3 is 3.00 bits per heavy atom. The first-order chi connectivity index (χ1) is 6.63. The SMILES string of the molecule is N#Cc1c(F)nn2cc(Br)cc(O)c12. The number of hydrogen-bond donors (Lipinski definition) is 1. The minimum atomic E-state index is -0.888. The van der Waals surface area contributed by atoms with Crippen LogP contribution < -0.4 is 0 Å². The van der Waals surface area contributed by atoms with Crippen LogP contribution in [0.25, 0.3) is 5.52 Å². The lowest BCUT2D eigenvalue weighted by Crippen LogP contribution is -1.87. The third kappa shape index (κ3) is 1.14. The molecule has 0 saturated carbocycles. The number of halogens is 2. The standard InChI is InChI=1S/C8H3BrFN3O/c9-4-1-6(14)7-5(2-11)8(10)12-13(7)3-4/h1,3,14H. The molecule has 2 aromatic rings. The quantitative estimate of drug-likeness (QED) is 0.781. The summed E-state index contributed by atoms with van der Waals surface area (Å²) in [6.45, 7) is 0. The van der Waals surface area contributed by atoms with Crippen LogP contribution in [0.5, 0.6) is 5.75 Å². The molecule has 0 atom stereocenters. The van der Waals surface area contributed by atoms with Crippen molar-refractivity contribution in [3.63, 3.8) is 0 Å². The Morgan fingerprint density at radius 1 is 1.64 bits per heavy atom. The Bertz CT molecular complexity index is 558. The maximum atomic E-state index is 13.0. The van der Waals surface area contributed by atoms with Gasteiger partial charge in [0.2, 0.25) is 0 Å². The molecule has 0 fully saturated rings. The first-order valence-corrected chi connectivity index (χ1v) is 4.39. The van der Waals surface area contributed by atoms with E-state index in [0.717, 1.165) is 4.52 Å². The number of fused-ring (bicyclic) bond motifs is 1. The van der Waals surface area contributed by atoms with Crippen LogP contribution in [0.4, 0.5) is 4.39 Å².